The third-order valence-corrected chi connectivity index (χ3v) is 3.82. The molecule has 0 saturated heterocycles. The third-order valence-electron chi connectivity index (χ3n) is 2.89. The second-order valence-electron chi connectivity index (χ2n) is 3.91. The molecule has 86 valence electrons. The zero-order valence-electron chi connectivity index (χ0n) is 9.57. The van der Waals surface area contributed by atoms with Gasteiger partial charge in [-0.2, -0.15) is 0 Å². The van der Waals surface area contributed by atoms with E-state index in [0.29, 0.717) is 0 Å². The van der Waals surface area contributed by atoms with Gasteiger partial charge in [-0.1, -0.05) is 12.1 Å². The number of fused-ring (bicyclic) bond motifs is 3. The Morgan fingerprint density at radius 1 is 1.24 bits per heavy atom. The summed E-state index contributed by atoms with van der Waals surface area (Å²) in [5.41, 5.74) is 2.94. The maximum Gasteiger partial charge on any atom is 0.143 e. The average Bonchev–Trinajstić information content (AvgIpc) is 2.64. The Hall–Kier alpha value is -1.55. The molecule has 3 aromatic rings. The molecule has 0 aliphatic carbocycles. The molecular weight excluding hydrogens is 280 g/mol. The standard InChI is InChI=1S/C13H11BrN2O/c1-8-13(14)16-11(15-8)7-6-9-4-3-5-10(17-2)12(9)16/h3-7H,1-2H3. The number of rotatable bonds is 1. The average molecular weight is 291 g/mol. The van der Waals surface area contributed by atoms with E-state index >= 15 is 0 Å². The molecule has 4 heteroatoms. The molecule has 1 aromatic carbocycles. The molecular formula is C13H11BrN2O. The van der Waals surface area contributed by atoms with Gasteiger partial charge in [-0.15, -0.1) is 0 Å². The van der Waals surface area contributed by atoms with Crippen LogP contribution >= 0.6 is 15.9 Å². The summed E-state index contributed by atoms with van der Waals surface area (Å²) in [6.45, 7) is 1.98. The number of aromatic nitrogens is 2. The molecule has 17 heavy (non-hydrogen) atoms. The highest BCUT2D eigenvalue weighted by Crippen LogP contribution is 2.30. The normalized spacial score (nSPS) is 11.2. The Labute approximate surface area is 107 Å². The van der Waals surface area contributed by atoms with Crippen molar-refractivity contribution in [2.75, 3.05) is 7.11 Å². The molecule has 0 amide bonds. The van der Waals surface area contributed by atoms with E-state index in [1.54, 1.807) is 7.11 Å². The van der Waals surface area contributed by atoms with E-state index in [1.807, 2.05) is 25.1 Å². The number of hydrogen-bond acceptors (Lipinski definition) is 2. The van der Waals surface area contributed by atoms with Crippen LogP contribution in [0.15, 0.2) is 34.9 Å². The molecule has 0 saturated carbocycles. The molecule has 3 rings (SSSR count). The van der Waals surface area contributed by atoms with Crippen LogP contribution in [0.2, 0.25) is 0 Å². The number of pyridine rings is 1. The summed E-state index contributed by atoms with van der Waals surface area (Å²) in [6.07, 6.45) is 0. The van der Waals surface area contributed by atoms with Crippen LogP contribution in [-0.4, -0.2) is 16.5 Å². The second-order valence-corrected chi connectivity index (χ2v) is 4.66. The van der Waals surface area contributed by atoms with Gasteiger partial charge in [0.15, 0.2) is 0 Å². The van der Waals surface area contributed by atoms with E-state index in [0.717, 1.165) is 32.6 Å². The van der Waals surface area contributed by atoms with Gasteiger partial charge in [-0.05, 0) is 41.1 Å². The summed E-state index contributed by atoms with van der Waals surface area (Å²) >= 11 is 3.58. The largest absolute Gasteiger partial charge is 0.495 e. The number of methoxy groups -OCH3 is 1. The minimum atomic E-state index is 0.853. The maximum absolute atomic E-state index is 5.43. The minimum Gasteiger partial charge on any atom is -0.495 e. The second kappa shape index (κ2) is 3.74. The lowest BCUT2D eigenvalue weighted by Gasteiger charge is -2.08. The Morgan fingerprint density at radius 2 is 2.06 bits per heavy atom. The molecule has 0 unspecified atom stereocenters. The Morgan fingerprint density at radius 3 is 2.82 bits per heavy atom. The van der Waals surface area contributed by atoms with Gasteiger partial charge in [0.05, 0.1) is 18.3 Å². The highest BCUT2D eigenvalue weighted by atomic mass is 79.9. The summed E-state index contributed by atoms with van der Waals surface area (Å²) in [4.78, 5) is 4.50. The van der Waals surface area contributed by atoms with E-state index in [1.165, 1.54) is 0 Å². The molecule has 2 aromatic heterocycles. The van der Waals surface area contributed by atoms with Crippen molar-refractivity contribution in [1.82, 2.24) is 9.38 Å². The highest BCUT2D eigenvalue weighted by Gasteiger charge is 2.11. The topological polar surface area (TPSA) is 26.5 Å². The Bertz CT molecular complexity index is 718. The fourth-order valence-corrected chi connectivity index (χ4v) is 2.54. The Balaban J connectivity index is 2.61. The number of halogens is 1. The molecule has 3 nitrogen and oxygen atoms in total. The lowest BCUT2D eigenvalue weighted by molar-refractivity contribution is 0.418. The van der Waals surface area contributed by atoms with E-state index in [4.69, 9.17) is 4.74 Å². The van der Waals surface area contributed by atoms with E-state index < -0.39 is 0 Å². The van der Waals surface area contributed by atoms with Crippen molar-refractivity contribution in [2.45, 2.75) is 6.92 Å². The summed E-state index contributed by atoms with van der Waals surface area (Å²) in [6, 6.07) is 10.1. The van der Waals surface area contributed by atoms with E-state index in [9.17, 15) is 0 Å². The first-order valence-corrected chi connectivity index (χ1v) is 6.12. The van der Waals surface area contributed by atoms with Gasteiger partial charge in [-0.25, -0.2) is 4.98 Å². The SMILES string of the molecule is COc1cccc2ccc3nc(C)c(Br)n3c12. The first-order valence-electron chi connectivity index (χ1n) is 5.32. The number of nitrogens with zero attached hydrogens (tertiary/aromatic N) is 2. The number of hydrogen-bond donors (Lipinski definition) is 0. The zero-order chi connectivity index (χ0) is 12.0. The summed E-state index contributed by atoms with van der Waals surface area (Å²) < 4.78 is 8.48. The fourth-order valence-electron chi connectivity index (χ4n) is 2.10. The van der Waals surface area contributed by atoms with Gasteiger partial charge in [0.25, 0.3) is 0 Å². The van der Waals surface area contributed by atoms with Crippen molar-refractivity contribution in [2.24, 2.45) is 0 Å². The van der Waals surface area contributed by atoms with Crippen molar-refractivity contribution in [3.63, 3.8) is 0 Å². The van der Waals surface area contributed by atoms with Crippen molar-refractivity contribution < 1.29 is 4.74 Å². The van der Waals surface area contributed by atoms with Gasteiger partial charge in [0.2, 0.25) is 0 Å². The van der Waals surface area contributed by atoms with Crippen LogP contribution < -0.4 is 4.74 Å². The monoisotopic (exact) mass is 290 g/mol. The van der Waals surface area contributed by atoms with E-state index in [2.05, 4.69) is 37.4 Å². The zero-order valence-corrected chi connectivity index (χ0v) is 11.2. The van der Waals surface area contributed by atoms with Crippen LogP contribution in [0.5, 0.6) is 5.75 Å². The minimum absolute atomic E-state index is 0.853. The quantitative estimate of drug-likeness (QED) is 0.685. The predicted molar refractivity (Wildman–Crippen MR) is 71.7 cm³/mol. The molecule has 0 aliphatic rings. The molecule has 0 fully saturated rings. The van der Waals surface area contributed by atoms with Crippen LogP contribution in [0.25, 0.3) is 16.6 Å². The summed E-state index contributed by atoms with van der Waals surface area (Å²) in [5.74, 6) is 0.853. The fraction of sp³-hybridized carbons (Fsp3) is 0.154. The summed E-state index contributed by atoms with van der Waals surface area (Å²) in [7, 11) is 1.69. The van der Waals surface area contributed by atoms with Gasteiger partial charge >= 0.3 is 0 Å². The van der Waals surface area contributed by atoms with Crippen LogP contribution in [0.3, 0.4) is 0 Å². The Kier molecular flexibility index (Phi) is 2.33. The summed E-state index contributed by atoms with van der Waals surface area (Å²) in [5, 5.41) is 1.13. The smallest absolute Gasteiger partial charge is 0.143 e. The number of aryl methyl sites for hydroxylation is 1. The van der Waals surface area contributed by atoms with Gasteiger partial charge in [0, 0.05) is 5.39 Å². The lowest BCUT2D eigenvalue weighted by atomic mass is 10.2. The van der Waals surface area contributed by atoms with Gasteiger partial charge in [-0.3, -0.25) is 4.40 Å². The van der Waals surface area contributed by atoms with Crippen LogP contribution in [-0.2, 0) is 0 Å². The van der Waals surface area contributed by atoms with E-state index in [-0.39, 0.29) is 0 Å². The molecule has 0 N–H and O–H groups in total. The molecule has 0 radical (unpaired) electrons. The van der Waals surface area contributed by atoms with Crippen LogP contribution in [0.1, 0.15) is 5.69 Å². The van der Waals surface area contributed by atoms with Crippen LogP contribution in [0.4, 0.5) is 0 Å². The van der Waals surface area contributed by atoms with Crippen molar-refractivity contribution in [3.8, 4) is 5.75 Å². The molecule has 0 spiro atoms. The third kappa shape index (κ3) is 1.44. The number of imidazole rings is 1. The highest BCUT2D eigenvalue weighted by molar-refractivity contribution is 9.10. The van der Waals surface area contributed by atoms with Crippen molar-refractivity contribution >= 4 is 32.5 Å². The van der Waals surface area contributed by atoms with Crippen molar-refractivity contribution in [1.29, 1.82) is 0 Å². The number of benzene rings is 1. The molecule has 0 bridgehead atoms. The first-order chi connectivity index (χ1) is 8.22. The van der Waals surface area contributed by atoms with Crippen molar-refractivity contribution in [3.05, 3.63) is 40.6 Å². The molecule has 0 aliphatic heterocycles. The van der Waals surface area contributed by atoms with Crippen LogP contribution in [0, 0.1) is 6.92 Å². The molecule has 0 atom stereocenters. The maximum atomic E-state index is 5.43. The molecule has 2 heterocycles. The first kappa shape index (κ1) is 10.6. The predicted octanol–water partition coefficient (Wildman–Crippen LogP) is 3.57. The number of ether oxygens (including phenoxy) is 1. The number of para-hydroxylation sites is 1. The van der Waals surface area contributed by atoms with Gasteiger partial charge < -0.3 is 4.74 Å². The lowest BCUT2D eigenvalue weighted by Crippen LogP contribution is -1.93. The van der Waals surface area contributed by atoms with Gasteiger partial charge in [0.1, 0.15) is 16.0 Å².